The molecule has 0 unspecified atom stereocenters. The summed E-state index contributed by atoms with van der Waals surface area (Å²) in [4.78, 5) is 26.6. The van der Waals surface area contributed by atoms with Crippen LogP contribution in [0.2, 0.25) is 0 Å². The van der Waals surface area contributed by atoms with Crippen molar-refractivity contribution in [3.8, 4) is 0 Å². The Morgan fingerprint density at radius 3 is 2.04 bits per heavy atom. The van der Waals surface area contributed by atoms with Gasteiger partial charge in [0.25, 0.3) is 0 Å². The predicted octanol–water partition coefficient (Wildman–Crippen LogP) is 7.01. The fourth-order valence-corrected chi connectivity index (χ4v) is 4.01. The fraction of sp³-hybridized carbons (Fsp3) is 0.680. The first-order valence-corrected chi connectivity index (χ1v) is 10.4. The summed E-state index contributed by atoms with van der Waals surface area (Å²) in [7, 11) is 0. The second kappa shape index (κ2) is 9.66. The Balaban J connectivity index is 3.23. The van der Waals surface area contributed by atoms with E-state index in [1.807, 2.05) is 27.7 Å². The Morgan fingerprint density at radius 2 is 1.52 bits per heavy atom. The number of rotatable bonds is 8. The highest BCUT2D eigenvalue weighted by molar-refractivity contribution is 6.08. The van der Waals surface area contributed by atoms with Crippen molar-refractivity contribution in [2.24, 2.45) is 16.7 Å². The smallest absolute Gasteiger partial charge is 0.147 e. The molecule has 0 aromatic carbocycles. The third kappa shape index (κ3) is 6.59. The second-order valence-corrected chi connectivity index (χ2v) is 9.82. The predicted molar refractivity (Wildman–Crippen MR) is 116 cm³/mol. The highest BCUT2D eigenvalue weighted by Crippen LogP contribution is 2.51. The maximum absolute atomic E-state index is 13.3. The van der Waals surface area contributed by atoms with E-state index in [2.05, 4.69) is 45.9 Å². The van der Waals surface area contributed by atoms with E-state index in [9.17, 15) is 9.59 Å². The van der Waals surface area contributed by atoms with Crippen LogP contribution < -0.4 is 0 Å². The molecule has 2 nitrogen and oxygen atoms in total. The topological polar surface area (TPSA) is 34.1 Å². The first kappa shape index (κ1) is 23.6. The molecule has 1 fully saturated rings. The van der Waals surface area contributed by atoms with Crippen molar-refractivity contribution in [3.63, 3.8) is 0 Å². The summed E-state index contributed by atoms with van der Waals surface area (Å²) >= 11 is 0. The molecule has 0 aromatic rings. The Kier molecular flexibility index (Phi) is 8.45. The third-order valence-corrected chi connectivity index (χ3v) is 5.98. The summed E-state index contributed by atoms with van der Waals surface area (Å²) in [5.74, 6) is 0.643. The molecule has 0 spiro atoms. The average molecular weight is 373 g/mol. The van der Waals surface area contributed by atoms with Crippen LogP contribution in [0.5, 0.6) is 0 Å². The molecular formula is C25H40O2. The maximum Gasteiger partial charge on any atom is 0.147 e. The number of carbonyl (C=O) groups excluding carboxylic acids is 2. The largest absolute Gasteiger partial charge is 0.299 e. The van der Waals surface area contributed by atoms with Crippen LogP contribution in [0.15, 0.2) is 34.9 Å². The quantitative estimate of drug-likeness (QED) is 0.339. The zero-order valence-corrected chi connectivity index (χ0v) is 18.9. The van der Waals surface area contributed by atoms with Gasteiger partial charge in [-0.25, -0.2) is 0 Å². The number of carbonyl (C=O) groups is 2. The normalized spacial score (nSPS) is 24.1. The Bertz CT molecular complexity index is 633. The molecule has 2 atom stereocenters. The molecule has 0 aromatic heterocycles. The van der Waals surface area contributed by atoms with Gasteiger partial charge in [0.05, 0.1) is 5.41 Å². The van der Waals surface area contributed by atoms with Gasteiger partial charge in [-0.15, -0.1) is 0 Å². The lowest BCUT2D eigenvalue weighted by atomic mass is 9.55. The van der Waals surface area contributed by atoms with Gasteiger partial charge in [-0.1, -0.05) is 48.8 Å². The van der Waals surface area contributed by atoms with Gasteiger partial charge in [-0.2, -0.15) is 0 Å². The summed E-state index contributed by atoms with van der Waals surface area (Å²) in [6.45, 7) is 16.8. The van der Waals surface area contributed by atoms with Gasteiger partial charge in [0, 0.05) is 12.8 Å². The first-order chi connectivity index (χ1) is 12.4. The minimum Gasteiger partial charge on any atom is -0.299 e. The SMILES string of the molecule is CC(C)=CCCC(=O)[C@]1(CC=C(C)C)C[C@H](CC=C(C)C)C(C)(C)CC1=O. The highest BCUT2D eigenvalue weighted by atomic mass is 16.2. The van der Waals surface area contributed by atoms with Gasteiger partial charge in [0.15, 0.2) is 0 Å². The van der Waals surface area contributed by atoms with Crippen LogP contribution in [0.25, 0.3) is 0 Å². The molecule has 0 heterocycles. The minimum atomic E-state index is -0.831. The van der Waals surface area contributed by atoms with Gasteiger partial charge >= 0.3 is 0 Å². The van der Waals surface area contributed by atoms with Crippen molar-refractivity contribution >= 4 is 11.6 Å². The molecule has 0 radical (unpaired) electrons. The van der Waals surface area contributed by atoms with E-state index in [0.717, 1.165) is 12.8 Å². The van der Waals surface area contributed by atoms with E-state index in [0.29, 0.717) is 31.6 Å². The van der Waals surface area contributed by atoms with Crippen LogP contribution >= 0.6 is 0 Å². The molecule has 0 amide bonds. The molecule has 2 heteroatoms. The standard InChI is InChI=1S/C25H40O2/c1-18(2)10-9-11-22(26)25(15-14-20(5)6)16-21(13-12-19(3)4)24(7,8)17-23(25)27/h10,12,14,21H,9,11,13,15-17H2,1-8H3/t21-,25-/m0/s1. The Labute approximate surface area is 167 Å². The number of hydrogen-bond acceptors (Lipinski definition) is 2. The van der Waals surface area contributed by atoms with Crippen molar-refractivity contribution in [3.05, 3.63) is 34.9 Å². The van der Waals surface area contributed by atoms with Gasteiger partial charge in [0.1, 0.15) is 11.6 Å². The van der Waals surface area contributed by atoms with Crippen LogP contribution in [0.1, 0.15) is 93.9 Å². The van der Waals surface area contributed by atoms with Crippen LogP contribution in [0.4, 0.5) is 0 Å². The molecule has 1 saturated carbocycles. The van der Waals surface area contributed by atoms with Crippen molar-refractivity contribution < 1.29 is 9.59 Å². The zero-order valence-electron chi connectivity index (χ0n) is 18.9. The third-order valence-electron chi connectivity index (χ3n) is 5.98. The highest BCUT2D eigenvalue weighted by Gasteiger charge is 2.52. The lowest BCUT2D eigenvalue weighted by Gasteiger charge is -2.46. The lowest BCUT2D eigenvalue weighted by molar-refractivity contribution is -0.149. The summed E-state index contributed by atoms with van der Waals surface area (Å²) in [6.07, 6.45) is 10.3. The average Bonchev–Trinajstić information content (AvgIpc) is 2.51. The van der Waals surface area contributed by atoms with Crippen LogP contribution in [0, 0.1) is 16.7 Å². The second-order valence-electron chi connectivity index (χ2n) is 9.82. The van der Waals surface area contributed by atoms with Crippen LogP contribution in [-0.4, -0.2) is 11.6 Å². The van der Waals surface area contributed by atoms with Gasteiger partial charge in [-0.3, -0.25) is 9.59 Å². The Hall–Kier alpha value is -1.44. The molecule has 1 aliphatic carbocycles. The van der Waals surface area contributed by atoms with Crippen LogP contribution in [-0.2, 0) is 9.59 Å². The van der Waals surface area contributed by atoms with Crippen molar-refractivity contribution in [2.45, 2.75) is 93.9 Å². The number of ketones is 2. The molecule has 0 N–H and O–H groups in total. The van der Waals surface area contributed by atoms with Crippen LogP contribution in [0.3, 0.4) is 0 Å². The maximum atomic E-state index is 13.3. The van der Waals surface area contributed by atoms with Gasteiger partial charge < -0.3 is 0 Å². The van der Waals surface area contributed by atoms with E-state index in [-0.39, 0.29) is 17.0 Å². The molecule has 27 heavy (non-hydrogen) atoms. The number of hydrogen-bond donors (Lipinski definition) is 0. The number of allylic oxidation sites excluding steroid dienone is 6. The summed E-state index contributed by atoms with van der Waals surface area (Å²) in [6, 6.07) is 0. The van der Waals surface area contributed by atoms with Crippen molar-refractivity contribution in [2.75, 3.05) is 0 Å². The molecule has 152 valence electrons. The molecular weight excluding hydrogens is 332 g/mol. The molecule has 1 aliphatic rings. The van der Waals surface area contributed by atoms with E-state index in [4.69, 9.17) is 0 Å². The summed E-state index contributed by atoms with van der Waals surface area (Å²) in [5.41, 5.74) is 2.80. The summed E-state index contributed by atoms with van der Waals surface area (Å²) in [5, 5.41) is 0. The van der Waals surface area contributed by atoms with Gasteiger partial charge in [-0.05, 0) is 78.6 Å². The molecule has 1 rings (SSSR count). The van der Waals surface area contributed by atoms with E-state index < -0.39 is 5.41 Å². The van der Waals surface area contributed by atoms with Crippen molar-refractivity contribution in [1.29, 1.82) is 0 Å². The molecule has 0 aliphatic heterocycles. The van der Waals surface area contributed by atoms with E-state index >= 15 is 0 Å². The minimum absolute atomic E-state index is 0.0578. The first-order valence-electron chi connectivity index (χ1n) is 10.4. The summed E-state index contributed by atoms with van der Waals surface area (Å²) < 4.78 is 0. The Morgan fingerprint density at radius 1 is 0.963 bits per heavy atom. The monoisotopic (exact) mass is 372 g/mol. The van der Waals surface area contributed by atoms with Crippen molar-refractivity contribution in [1.82, 2.24) is 0 Å². The molecule has 0 bridgehead atoms. The number of Topliss-reactive ketones (excluding diaryl/α,β-unsaturated/α-hetero) is 2. The zero-order chi connectivity index (χ0) is 20.8. The van der Waals surface area contributed by atoms with E-state index in [1.165, 1.54) is 16.7 Å². The molecule has 0 saturated heterocycles. The lowest BCUT2D eigenvalue weighted by Crippen LogP contribution is -2.49. The fourth-order valence-electron chi connectivity index (χ4n) is 4.01. The van der Waals surface area contributed by atoms with Gasteiger partial charge in [0.2, 0.25) is 0 Å². The van der Waals surface area contributed by atoms with E-state index in [1.54, 1.807) is 0 Å².